The Balaban J connectivity index is 0.000000287. The van der Waals surface area contributed by atoms with Crippen molar-refractivity contribution in [1.82, 2.24) is 0 Å². The van der Waals surface area contributed by atoms with Crippen molar-refractivity contribution in [3.05, 3.63) is 102 Å². The molecule has 0 saturated heterocycles. The maximum absolute atomic E-state index is 12.1. The number of carbonyl (C=O) groups excluding carboxylic acids is 2. The number of ketones is 1. The second-order valence-corrected chi connectivity index (χ2v) is 5.99. The standard InChI is InChI=1S/C14H12O2.C10H12O2.C2H6/c1-16-13-9-5-8-12(10-13)14(15)11-6-3-2-4-7-11;1-12-10(11)8-7-9-5-3-2-4-6-9;1-2/h2-10H,1H3;2-6H,7-8H2,1H3;1-2H3. The van der Waals surface area contributed by atoms with E-state index in [1.54, 1.807) is 19.2 Å². The monoisotopic (exact) mass is 406 g/mol. The molecule has 0 spiro atoms. The summed E-state index contributed by atoms with van der Waals surface area (Å²) in [6.45, 7) is 4.00. The van der Waals surface area contributed by atoms with Crippen molar-refractivity contribution in [2.24, 2.45) is 0 Å². The molecule has 3 rings (SSSR count). The molecule has 0 radical (unpaired) electrons. The number of ether oxygens (including phenoxy) is 2. The quantitative estimate of drug-likeness (QED) is 0.387. The highest BCUT2D eigenvalue weighted by molar-refractivity contribution is 6.09. The second kappa shape index (κ2) is 14.6. The molecule has 0 aliphatic heterocycles. The molecule has 3 aromatic rings. The zero-order valence-electron chi connectivity index (χ0n) is 18.1. The highest BCUT2D eigenvalue weighted by Gasteiger charge is 2.08. The van der Waals surface area contributed by atoms with E-state index in [0.29, 0.717) is 23.3 Å². The van der Waals surface area contributed by atoms with Gasteiger partial charge in [0.05, 0.1) is 14.2 Å². The van der Waals surface area contributed by atoms with Crippen molar-refractivity contribution in [2.75, 3.05) is 14.2 Å². The van der Waals surface area contributed by atoms with Crippen molar-refractivity contribution in [3.8, 4) is 5.75 Å². The predicted octanol–water partition coefficient (Wildman–Crippen LogP) is 5.74. The number of methoxy groups -OCH3 is 2. The molecule has 0 aliphatic rings. The molecule has 0 aliphatic carbocycles. The highest BCUT2D eigenvalue weighted by Crippen LogP contribution is 2.16. The highest BCUT2D eigenvalue weighted by atomic mass is 16.5. The van der Waals surface area contributed by atoms with Gasteiger partial charge in [0, 0.05) is 17.5 Å². The molecular weight excluding hydrogens is 376 g/mol. The maximum Gasteiger partial charge on any atom is 0.305 e. The molecule has 4 nitrogen and oxygen atoms in total. The Labute approximate surface area is 179 Å². The average Bonchev–Trinajstić information content (AvgIpc) is 2.85. The van der Waals surface area contributed by atoms with Crippen LogP contribution in [0.1, 0.15) is 41.8 Å². The van der Waals surface area contributed by atoms with Crippen LogP contribution in [0.3, 0.4) is 0 Å². The summed E-state index contributed by atoms with van der Waals surface area (Å²) in [5.41, 5.74) is 2.50. The molecule has 0 aromatic heterocycles. The molecule has 0 saturated carbocycles. The summed E-state index contributed by atoms with van der Waals surface area (Å²) < 4.78 is 9.62. The smallest absolute Gasteiger partial charge is 0.305 e. The van der Waals surface area contributed by atoms with Crippen molar-refractivity contribution in [3.63, 3.8) is 0 Å². The van der Waals surface area contributed by atoms with Crippen LogP contribution < -0.4 is 4.74 Å². The number of rotatable bonds is 6. The summed E-state index contributed by atoms with van der Waals surface area (Å²) >= 11 is 0. The summed E-state index contributed by atoms with van der Waals surface area (Å²) in [5.74, 6) is 0.556. The van der Waals surface area contributed by atoms with Crippen molar-refractivity contribution in [2.45, 2.75) is 26.7 Å². The summed E-state index contributed by atoms with van der Waals surface area (Å²) in [6.07, 6.45) is 1.22. The van der Waals surface area contributed by atoms with Gasteiger partial charge in [0.1, 0.15) is 5.75 Å². The minimum absolute atomic E-state index is 0.0134. The van der Waals surface area contributed by atoms with Crippen LogP contribution in [0.25, 0.3) is 0 Å². The van der Waals surface area contributed by atoms with Crippen LogP contribution in [0.4, 0.5) is 0 Å². The average molecular weight is 407 g/mol. The van der Waals surface area contributed by atoms with Gasteiger partial charge in [-0.1, -0.05) is 86.6 Å². The van der Waals surface area contributed by atoms with Crippen molar-refractivity contribution in [1.29, 1.82) is 0 Å². The topological polar surface area (TPSA) is 52.6 Å². The van der Waals surface area contributed by atoms with Gasteiger partial charge < -0.3 is 9.47 Å². The summed E-state index contributed by atoms with van der Waals surface area (Å²) in [7, 11) is 3.00. The largest absolute Gasteiger partial charge is 0.497 e. The fourth-order valence-corrected chi connectivity index (χ4v) is 2.51. The van der Waals surface area contributed by atoms with Crippen molar-refractivity contribution < 1.29 is 19.1 Å². The zero-order chi connectivity index (χ0) is 22.2. The Hall–Kier alpha value is -3.40. The van der Waals surface area contributed by atoms with E-state index in [2.05, 4.69) is 4.74 Å². The fraction of sp³-hybridized carbons (Fsp3) is 0.231. The molecule has 158 valence electrons. The molecule has 0 unspecified atom stereocenters. The Kier molecular flexibility index (Phi) is 12.0. The normalized spacial score (nSPS) is 9.20. The van der Waals surface area contributed by atoms with Gasteiger partial charge in [0.25, 0.3) is 0 Å². The first-order chi connectivity index (χ1) is 14.6. The van der Waals surface area contributed by atoms with E-state index >= 15 is 0 Å². The predicted molar refractivity (Wildman–Crippen MR) is 121 cm³/mol. The Bertz CT molecular complexity index is 874. The van der Waals surface area contributed by atoms with E-state index in [1.807, 2.05) is 86.6 Å². The molecule has 30 heavy (non-hydrogen) atoms. The van der Waals surface area contributed by atoms with E-state index in [1.165, 1.54) is 12.7 Å². The third-order valence-corrected chi connectivity index (χ3v) is 4.06. The molecule has 0 N–H and O–H groups in total. The number of benzene rings is 3. The third kappa shape index (κ3) is 8.74. The first-order valence-corrected chi connectivity index (χ1v) is 9.98. The van der Waals surface area contributed by atoms with Crippen LogP contribution in [-0.4, -0.2) is 26.0 Å². The Morgan fingerprint density at radius 2 is 1.30 bits per heavy atom. The van der Waals surface area contributed by atoms with Gasteiger partial charge in [0.2, 0.25) is 0 Å². The minimum Gasteiger partial charge on any atom is -0.497 e. The van der Waals surface area contributed by atoms with Crippen LogP contribution in [0.5, 0.6) is 5.75 Å². The molecule has 4 heteroatoms. The summed E-state index contributed by atoms with van der Waals surface area (Å²) in [5, 5.41) is 0. The minimum atomic E-state index is -0.154. The van der Waals surface area contributed by atoms with Crippen LogP contribution in [-0.2, 0) is 16.0 Å². The van der Waals surface area contributed by atoms with Gasteiger partial charge in [0.15, 0.2) is 5.78 Å². The fourth-order valence-electron chi connectivity index (χ4n) is 2.51. The van der Waals surface area contributed by atoms with Gasteiger partial charge in [-0.3, -0.25) is 9.59 Å². The molecule has 0 atom stereocenters. The molecule has 3 aromatic carbocycles. The lowest BCUT2D eigenvalue weighted by Gasteiger charge is -2.03. The SMILES string of the molecule is CC.COC(=O)CCc1ccccc1.COc1cccc(C(=O)c2ccccc2)c1. The maximum atomic E-state index is 12.1. The first-order valence-electron chi connectivity index (χ1n) is 9.98. The van der Waals surface area contributed by atoms with E-state index in [4.69, 9.17) is 4.74 Å². The zero-order valence-corrected chi connectivity index (χ0v) is 18.1. The number of hydrogen-bond acceptors (Lipinski definition) is 4. The Morgan fingerprint density at radius 3 is 1.87 bits per heavy atom. The van der Waals surface area contributed by atoms with Crippen LogP contribution in [0, 0.1) is 0 Å². The van der Waals surface area contributed by atoms with Crippen LogP contribution in [0.2, 0.25) is 0 Å². The van der Waals surface area contributed by atoms with Gasteiger partial charge in [-0.25, -0.2) is 0 Å². The van der Waals surface area contributed by atoms with E-state index < -0.39 is 0 Å². The molecular formula is C26H30O4. The van der Waals surface area contributed by atoms with Crippen LogP contribution in [0.15, 0.2) is 84.9 Å². The number of carbonyl (C=O) groups is 2. The first kappa shape index (κ1) is 24.6. The Morgan fingerprint density at radius 1 is 0.733 bits per heavy atom. The summed E-state index contributed by atoms with van der Waals surface area (Å²) in [6, 6.07) is 26.3. The van der Waals surface area contributed by atoms with E-state index in [9.17, 15) is 9.59 Å². The van der Waals surface area contributed by atoms with Gasteiger partial charge in [-0.15, -0.1) is 0 Å². The van der Waals surface area contributed by atoms with Crippen LogP contribution >= 0.6 is 0 Å². The molecule has 0 fully saturated rings. The van der Waals surface area contributed by atoms with Gasteiger partial charge in [-0.05, 0) is 24.1 Å². The number of hydrogen-bond donors (Lipinski definition) is 0. The molecule has 0 heterocycles. The lowest BCUT2D eigenvalue weighted by atomic mass is 10.0. The van der Waals surface area contributed by atoms with E-state index in [-0.39, 0.29) is 11.8 Å². The number of aryl methyl sites for hydroxylation is 1. The lowest BCUT2D eigenvalue weighted by molar-refractivity contribution is -0.140. The van der Waals surface area contributed by atoms with Gasteiger partial charge in [-0.2, -0.15) is 0 Å². The molecule has 0 bridgehead atoms. The van der Waals surface area contributed by atoms with E-state index in [0.717, 1.165) is 6.42 Å². The number of esters is 1. The van der Waals surface area contributed by atoms with Gasteiger partial charge >= 0.3 is 5.97 Å². The second-order valence-electron chi connectivity index (χ2n) is 5.99. The van der Waals surface area contributed by atoms with Crippen molar-refractivity contribution >= 4 is 11.8 Å². The lowest BCUT2D eigenvalue weighted by Crippen LogP contribution is -2.01. The summed E-state index contributed by atoms with van der Waals surface area (Å²) in [4.78, 5) is 22.8. The third-order valence-electron chi connectivity index (χ3n) is 4.06. The molecule has 0 amide bonds.